The van der Waals surface area contributed by atoms with Crippen LogP contribution in [0.2, 0.25) is 0 Å². The molecule has 0 unspecified atom stereocenters. The van der Waals surface area contributed by atoms with Crippen LogP contribution in [0.5, 0.6) is 0 Å². The lowest BCUT2D eigenvalue weighted by Gasteiger charge is -2.18. The lowest BCUT2D eigenvalue weighted by Crippen LogP contribution is -2.39. The summed E-state index contributed by atoms with van der Waals surface area (Å²) in [7, 11) is 0. The summed E-state index contributed by atoms with van der Waals surface area (Å²) in [5.41, 5.74) is 2.63. The van der Waals surface area contributed by atoms with Gasteiger partial charge in [-0.05, 0) is 42.5 Å². The fraction of sp³-hybridized carbons (Fsp3) is 0. The Morgan fingerprint density at radius 1 is 0.600 bits per heavy atom. The van der Waals surface area contributed by atoms with Crippen molar-refractivity contribution in [1.82, 2.24) is 14.1 Å². The summed E-state index contributed by atoms with van der Waals surface area (Å²) >= 11 is 0. The molecule has 0 fully saturated rings. The second-order valence-electron chi connectivity index (χ2n) is 8.12. The van der Waals surface area contributed by atoms with Gasteiger partial charge in [-0.25, -0.2) is 18.9 Å². The average molecular weight is 457 g/mol. The lowest BCUT2D eigenvalue weighted by molar-refractivity contribution is 0.828. The molecule has 6 nitrogen and oxygen atoms in total. The van der Waals surface area contributed by atoms with Crippen LogP contribution in [0.25, 0.3) is 33.3 Å². The highest BCUT2D eigenvalue weighted by Gasteiger charge is 2.22. The van der Waals surface area contributed by atoms with Crippen molar-refractivity contribution in [1.29, 1.82) is 0 Å². The van der Waals surface area contributed by atoms with E-state index in [4.69, 9.17) is 4.98 Å². The number of fused-ring (bicyclic) bond motifs is 2. The molecule has 2 heterocycles. The molecule has 6 rings (SSSR count). The first-order valence-corrected chi connectivity index (χ1v) is 11.3. The predicted molar refractivity (Wildman–Crippen MR) is 140 cm³/mol. The zero-order valence-electron chi connectivity index (χ0n) is 18.6. The monoisotopic (exact) mass is 456 g/mol. The van der Waals surface area contributed by atoms with Gasteiger partial charge in [-0.15, -0.1) is 0 Å². The number of hydrogen-bond donors (Lipinski definition) is 1. The van der Waals surface area contributed by atoms with E-state index in [1.807, 2.05) is 91.0 Å². The van der Waals surface area contributed by atoms with Crippen molar-refractivity contribution >= 4 is 33.3 Å². The van der Waals surface area contributed by atoms with Gasteiger partial charge in [-0.1, -0.05) is 72.8 Å². The molecule has 6 heteroatoms. The number of rotatable bonds is 4. The summed E-state index contributed by atoms with van der Waals surface area (Å²) in [6.07, 6.45) is 0. The van der Waals surface area contributed by atoms with E-state index in [-0.39, 0.29) is 0 Å². The Morgan fingerprint density at radius 2 is 1.14 bits per heavy atom. The minimum absolute atomic E-state index is 0.301. The number of benzene rings is 4. The summed E-state index contributed by atoms with van der Waals surface area (Å²) in [5, 5.41) is 4.56. The van der Waals surface area contributed by atoms with Crippen LogP contribution in [0.15, 0.2) is 125 Å². The third-order valence-electron chi connectivity index (χ3n) is 5.96. The average Bonchev–Trinajstić information content (AvgIpc) is 2.90. The van der Waals surface area contributed by atoms with Gasteiger partial charge in [0.25, 0.3) is 5.56 Å². The van der Waals surface area contributed by atoms with E-state index in [0.29, 0.717) is 33.6 Å². The molecule has 0 aliphatic carbocycles. The third-order valence-corrected chi connectivity index (χ3v) is 5.96. The molecule has 1 N–H and O–H groups in total. The molecule has 0 spiro atoms. The van der Waals surface area contributed by atoms with Crippen molar-refractivity contribution in [3.05, 3.63) is 136 Å². The van der Waals surface area contributed by atoms with Gasteiger partial charge in [0.15, 0.2) is 5.65 Å². The number of anilines is 2. The normalized spacial score (nSPS) is 11.1. The van der Waals surface area contributed by atoms with Crippen molar-refractivity contribution in [2.45, 2.75) is 0 Å². The van der Waals surface area contributed by atoms with Crippen LogP contribution in [-0.2, 0) is 0 Å². The Morgan fingerprint density at radius 3 is 1.80 bits per heavy atom. The Balaban J connectivity index is 1.83. The molecule has 4 aromatic carbocycles. The largest absolute Gasteiger partial charge is 0.354 e. The molecule has 2 aromatic heterocycles. The summed E-state index contributed by atoms with van der Waals surface area (Å²) in [6, 6.07) is 35.5. The van der Waals surface area contributed by atoms with Crippen LogP contribution in [0.4, 0.5) is 11.4 Å². The molecule has 0 saturated heterocycles. The molecular weight excluding hydrogens is 436 g/mol. The molecule has 0 saturated carbocycles. The zero-order chi connectivity index (χ0) is 23.8. The number of hydrogen-bond acceptors (Lipinski definition) is 4. The van der Waals surface area contributed by atoms with Crippen molar-refractivity contribution in [2.75, 3.05) is 5.32 Å². The quantitative estimate of drug-likeness (QED) is 0.359. The van der Waals surface area contributed by atoms with Gasteiger partial charge in [0.2, 0.25) is 0 Å². The Labute approximate surface area is 200 Å². The Hall–Kier alpha value is -4.97. The molecule has 0 aliphatic heterocycles. The molecule has 0 radical (unpaired) electrons. The summed E-state index contributed by atoms with van der Waals surface area (Å²) in [5.74, 6) is 0. The highest BCUT2D eigenvalue weighted by Crippen LogP contribution is 2.31. The maximum Gasteiger partial charge on any atom is 0.341 e. The van der Waals surface area contributed by atoms with Crippen LogP contribution < -0.4 is 16.6 Å². The first-order chi connectivity index (χ1) is 17.2. The summed E-state index contributed by atoms with van der Waals surface area (Å²) in [4.78, 5) is 32.8. The van der Waals surface area contributed by atoms with Crippen LogP contribution in [0.3, 0.4) is 0 Å². The van der Waals surface area contributed by atoms with Crippen molar-refractivity contribution in [3.63, 3.8) is 0 Å². The van der Waals surface area contributed by atoms with E-state index in [1.165, 1.54) is 9.13 Å². The van der Waals surface area contributed by atoms with E-state index in [9.17, 15) is 9.59 Å². The van der Waals surface area contributed by atoms with Crippen molar-refractivity contribution < 1.29 is 0 Å². The minimum atomic E-state index is -0.478. The maximum atomic E-state index is 14.1. The van der Waals surface area contributed by atoms with Crippen LogP contribution in [-0.4, -0.2) is 14.1 Å². The predicted octanol–water partition coefficient (Wildman–Crippen LogP) is 5.43. The Bertz CT molecular complexity index is 1790. The van der Waals surface area contributed by atoms with Gasteiger partial charge in [0.05, 0.1) is 22.6 Å². The second kappa shape index (κ2) is 8.43. The number of nitrogens with one attached hydrogen (secondary N) is 1. The van der Waals surface area contributed by atoms with Crippen LogP contribution in [0, 0.1) is 0 Å². The number of pyridine rings is 1. The number of nitrogens with zero attached hydrogens (tertiary/aromatic N) is 3. The summed E-state index contributed by atoms with van der Waals surface area (Å²) in [6.45, 7) is 0. The van der Waals surface area contributed by atoms with Gasteiger partial charge < -0.3 is 5.32 Å². The highest BCUT2D eigenvalue weighted by atomic mass is 16.2. The maximum absolute atomic E-state index is 14.1. The topological polar surface area (TPSA) is 68.9 Å². The molecule has 6 aromatic rings. The molecule has 0 bridgehead atoms. The van der Waals surface area contributed by atoms with E-state index in [1.54, 1.807) is 24.3 Å². The molecule has 35 heavy (non-hydrogen) atoms. The lowest BCUT2D eigenvalue weighted by atomic mass is 10.1. The van der Waals surface area contributed by atoms with Gasteiger partial charge >= 0.3 is 5.69 Å². The molecule has 0 atom stereocenters. The van der Waals surface area contributed by atoms with Gasteiger partial charge in [0, 0.05) is 11.1 Å². The van der Waals surface area contributed by atoms with Crippen LogP contribution in [0.1, 0.15) is 0 Å². The molecule has 168 valence electrons. The van der Waals surface area contributed by atoms with E-state index < -0.39 is 11.2 Å². The third kappa shape index (κ3) is 3.48. The zero-order valence-corrected chi connectivity index (χ0v) is 18.6. The first kappa shape index (κ1) is 20.6. The standard InChI is InChI=1S/C29H20N4O2/c34-28-25-26(30-20-12-4-1-5-13-20)23-18-10-11-19-24(23)31-27(25)32(21-14-6-2-7-15-21)29(35)33(28)22-16-8-3-9-17-22/h1-19H,(H,30,31). The van der Waals surface area contributed by atoms with Gasteiger partial charge in [0.1, 0.15) is 5.39 Å². The Kier molecular flexibility index (Phi) is 4.96. The smallest absolute Gasteiger partial charge is 0.341 e. The molecular formula is C29H20N4O2. The highest BCUT2D eigenvalue weighted by molar-refractivity contribution is 6.07. The van der Waals surface area contributed by atoms with E-state index in [2.05, 4.69) is 5.32 Å². The van der Waals surface area contributed by atoms with E-state index >= 15 is 0 Å². The van der Waals surface area contributed by atoms with Crippen molar-refractivity contribution in [3.8, 4) is 11.4 Å². The molecule has 0 aliphatic rings. The number of aromatic nitrogens is 3. The fourth-order valence-electron chi connectivity index (χ4n) is 4.36. The van der Waals surface area contributed by atoms with Crippen LogP contribution >= 0.6 is 0 Å². The SMILES string of the molecule is O=c1c2c(Nc3ccccc3)c3ccccc3nc2n(-c2ccccc2)c(=O)n1-c1ccccc1. The van der Waals surface area contributed by atoms with Crippen molar-refractivity contribution in [2.24, 2.45) is 0 Å². The van der Waals surface area contributed by atoms with Gasteiger partial charge in [-0.2, -0.15) is 0 Å². The number of para-hydroxylation sites is 4. The second-order valence-corrected chi connectivity index (χ2v) is 8.12. The fourth-order valence-corrected chi connectivity index (χ4v) is 4.36. The molecule has 0 amide bonds. The minimum Gasteiger partial charge on any atom is -0.354 e. The summed E-state index contributed by atoms with van der Waals surface area (Å²) < 4.78 is 2.72. The first-order valence-electron chi connectivity index (χ1n) is 11.3. The van der Waals surface area contributed by atoms with Gasteiger partial charge in [-0.3, -0.25) is 4.79 Å². The van der Waals surface area contributed by atoms with E-state index in [0.717, 1.165) is 11.1 Å².